The lowest BCUT2D eigenvalue weighted by Gasteiger charge is -1.91. The molecule has 1 fully saturated rings. The fraction of sp³-hybridized carbons (Fsp3) is 0.900. The SMILES string of the molecule is C1CCCOCC1.CCOC(C)=O. The summed E-state index contributed by atoms with van der Waals surface area (Å²) in [4.78, 5) is 9.82. The first-order valence-electron chi connectivity index (χ1n) is 4.98. The van der Waals surface area contributed by atoms with Gasteiger partial charge in [-0.15, -0.1) is 0 Å². The number of esters is 1. The van der Waals surface area contributed by atoms with Crippen LogP contribution in [0.1, 0.15) is 39.5 Å². The van der Waals surface area contributed by atoms with Crippen LogP contribution in [0.15, 0.2) is 0 Å². The summed E-state index contributed by atoms with van der Waals surface area (Å²) in [5.41, 5.74) is 0. The predicted octanol–water partition coefficient (Wildman–Crippen LogP) is 2.15. The van der Waals surface area contributed by atoms with Crippen molar-refractivity contribution in [2.75, 3.05) is 19.8 Å². The molecule has 3 heteroatoms. The fourth-order valence-corrected chi connectivity index (χ4v) is 1.07. The topological polar surface area (TPSA) is 35.5 Å². The molecule has 0 unspecified atom stereocenters. The Morgan fingerprint density at radius 3 is 2.08 bits per heavy atom. The van der Waals surface area contributed by atoms with Gasteiger partial charge in [-0.05, 0) is 19.8 Å². The van der Waals surface area contributed by atoms with Crippen LogP contribution in [0.3, 0.4) is 0 Å². The molecular formula is C10H20O3. The zero-order chi connectivity index (χ0) is 9.94. The van der Waals surface area contributed by atoms with E-state index in [9.17, 15) is 4.79 Å². The third-order valence-electron chi connectivity index (χ3n) is 1.67. The van der Waals surface area contributed by atoms with Crippen molar-refractivity contribution in [3.05, 3.63) is 0 Å². The first kappa shape index (κ1) is 12.4. The Labute approximate surface area is 80.4 Å². The van der Waals surface area contributed by atoms with E-state index in [2.05, 4.69) is 4.74 Å². The molecule has 1 saturated heterocycles. The standard InChI is InChI=1S/C6H12O.C4H8O2/c1-2-4-6-7-5-3-1;1-3-6-4(2)5/h1-6H2;3H2,1-2H3. The molecule has 0 aromatic heterocycles. The highest BCUT2D eigenvalue weighted by Crippen LogP contribution is 2.04. The summed E-state index contributed by atoms with van der Waals surface area (Å²) >= 11 is 0. The number of ether oxygens (including phenoxy) is 2. The molecule has 1 heterocycles. The second-order valence-corrected chi connectivity index (χ2v) is 2.95. The van der Waals surface area contributed by atoms with Crippen LogP contribution < -0.4 is 0 Å². The molecule has 0 aromatic rings. The third-order valence-corrected chi connectivity index (χ3v) is 1.67. The van der Waals surface area contributed by atoms with Crippen molar-refractivity contribution in [3.63, 3.8) is 0 Å². The van der Waals surface area contributed by atoms with Crippen LogP contribution in [0.25, 0.3) is 0 Å². The molecule has 0 atom stereocenters. The molecule has 1 aliphatic rings. The van der Waals surface area contributed by atoms with Gasteiger partial charge in [-0.1, -0.05) is 12.8 Å². The van der Waals surface area contributed by atoms with Crippen LogP contribution in [0.2, 0.25) is 0 Å². The Kier molecular flexibility index (Phi) is 9.10. The molecular weight excluding hydrogens is 168 g/mol. The summed E-state index contributed by atoms with van der Waals surface area (Å²) in [6.45, 7) is 5.65. The molecule has 0 bridgehead atoms. The Bertz CT molecular complexity index is 104. The predicted molar refractivity (Wildman–Crippen MR) is 51.6 cm³/mol. The second-order valence-electron chi connectivity index (χ2n) is 2.95. The van der Waals surface area contributed by atoms with E-state index in [1.807, 2.05) is 0 Å². The first-order valence-corrected chi connectivity index (χ1v) is 4.98. The first-order chi connectivity index (χ1) is 6.27. The van der Waals surface area contributed by atoms with E-state index >= 15 is 0 Å². The lowest BCUT2D eigenvalue weighted by Crippen LogP contribution is -1.95. The molecule has 0 spiro atoms. The summed E-state index contributed by atoms with van der Waals surface area (Å²) in [5, 5.41) is 0. The highest BCUT2D eigenvalue weighted by Gasteiger charge is 1.95. The van der Waals surface area contributed by atoms with Gasteiger partial charge >= 0.3 is 5.97 Å². The summed E-state index contributed by atoms with van der Waals surface area (Å²) in [6, 6.07) is 0. The lowest BCUT2D eigenvalue weighted by molar-refractivity contribution is -0.140. The molecule has 0 amide bonds. The van der Waals surface area contributed by atoms with E-state index in [4.69, 9.17) is 4.74 Å². The maximum absolute atomic E-state index is 9.82. The van der Waals surface area contributed by atoms with Gasteiger partial charge in [0.1, 0.15) is 0 Å². The van der Waals surface area contributed by atoms with Gasteiger partial charge in [-0.3, -0.25) is 4.79 Å². The van der Waals surface area contributed by atoms with E-state index in [1.54, 1.807) is 6.92 Å². The van der Waals surface area contributed by atoms with Gasteiger partial charge in [0, 0.05) is 20.1 Å². The quantitative estimate of drug-likeness (QED) is 0.591. The maximum Gasteiger partial charge on any atom is 0.302 e. The minimum absolute atomic E-state index is 0.211. The molecule has 0 radical (unpaired) electrons. The van der Waals surface area contributed by atoms with E-state index in [0.717, 1.165) is 13.2 Å². The van der Waals surface area contributed by atoms with Crippen LogP contribution in [0.4, 0.5) is 0 Å². The van der Waals surface area contributed by atoms with E-state index in [-0.39, 0.29) is 5.97 Å². The molecule has 3 nitrogen and oxygen atoms in total. The number of rotatable bonds is 1. The third kappa shape index (κ3) is 11.4. The van der Waals surface area contributed by atoms with Crippen LogP contribution in [0, 0.1) is 0 Å². The van der Waals surface area contributed by atoms with E-state index < -0.39 is 0 Å². The minimum atomic E-state index is -0.211. The Balaban J connectivity index is 0.000000226. The molecule has 0 aliphatic carbocycles. The van der Waals surface area contributed by atoms with Crippen LogP contribution in [-0.4, -0.2) is 25.8 Å². The van der Waals surface area contributed by atoms with Crippen molar-refractivity contribution in [2.45, 2.75) is 39.5 Å². The van der Waals surface area contributed by atoms with Crippen LogP contribution in [-0.2, 0) is 14.3 Å². The summed E-state index contributed by atoms with van der Waals surface area (Å²) in [5.74, 6) is -0.211. The number of carbonyl (C=O) groups excluding carboxylic acids is 1. The molecule has 0 N–H and O–H groups in total. The van der Waals surface area contributed by atoms with Crippen molar-refractivity contribution in [1.82, 2.24) is 0 Å². The van der Waals surface area contributed by atoms with Crippen LogP contribution in [0.5, 0.6) is 0 Å². The molecule has 0 saturated carbocycles. The van der Waals surface area contributed by atoms with Gasteiger partial charge in [0.25, 0.3) is 0 Å². The Morgan fingerprint density at radius 1 is 1.23 bits per heavy atom. The minimum Gasteiger partial charge on any atom is -0.466 e. The maximum atomic E-state index is 9.82. The summed E-state index contributed by atoms with van der Waals surface area (Å²) < 4.78 is 9.60. The smallest absolute Gasteiger partial charge is 0.302 e. The van der Waals surface area contributed by atoms with Crippen LogP contribution >= 0.6 is 0 Å². The lowest BCUT2D eigenvalue weighted by atomic mass is 10.2. The van der Waals surface area contributed by atoms with Crippen molar-refractivity contribution in [1.29, 1.82) is 0 Å². The fourth-order valence-electron chi connectivity index (χ4n) is 1.07. The normalized spacial score (nSPS) is 16.5. The molecule has 1 rings (SSSR count). The Morgan fingerprint density at radius 2 is 1.77 bits per heavy atom. The highest BCUT2D eigenvalue weighted by atomic mass is 16.5. The van der Waals surface area contributed by atoms with Crippen molar-refractivity contribution in [2.24, 2.45) is 0 Å². The molecule has 13 heavy (non-hydrogen) atoms. The largest absolute Gasteiger partial charge is 0.466 e. The monoisotopic (exact) mass is 188 g/mol. The molecule has 1 aliphatic heterocycles. The zero-order valence-corrected chi connectivity index (χ0v) is 8.67. The molecule has 0 aromatic carbocycles. The van der Waals surface area contributed by atoms with Gasteiger partial charge in [-0.2, -0.15) is 0 Å². The van der Waals surface area contributed by atoms with Gasteiger partial charge in [-0.25, -0.2) is 0 Å². The van der Waals surface area contributed by atoms with E-state index in [1.165, 1.54) is 32.6 Å². The average Bonchev–Trinajstić information content (AvgIpc) is 2.35. The summed E-state index contributed by atoms with van der Waals surface area (Å²) in [7, 11) is 0. The second kappa shape index (κ2) is 9.52. The van der Waals surface area contributed by atoms with Gasteiger partial charge in [0.15, 0.2) is 0 Å². The van der Waals surface area contributed by atoms with Gasteiger partial charge in [0.05, 0.1) is 6.61 Å². The number of hydrogen-bond acceptors (Lipinski definition) is 3. The summed E-state index contributed by atoms with van der Waals surface area (Å²) in [6.07, 6.45) is 5.31. The van der Waals surface area contributed by atoms with Gasteiger partial charge < -0.3 is 9.47 Å². The zero-order valence-electron chi connectivity index (χ0n) is 8.67. The van der Waals surface area contributed by atoms with Gasteiger partial charge in [0.2, 0.25) is 0 Å². The molecule has 78 valence electrons. The number of hydrogen-bond donors (Lipinski definition) is 0. The van der Waals surface area contributed by atoms with Crippen molar-refractivity contribution >= 4 is 5.97 Å². The Hall–Kier alpha value is -0.570. The highest BCUT2D eigenvalue weighted by molar-refractivity contribution is 5.65. The van der Waals surface area contributed by atoms with Crippen molar-refractivity contribution in [3.8, 4) is 0 Å². The number of carbonyl (C=O) groups is 1. The van der Waals surface area contributed by atoms with E-state index in [0.29, 0.717) is 6.61 Å². The average molecular weight is 188 g/mol. The van der Waals surface area contributed by atoms with Crippen molar-refractivity contribution < 1.29 is 14.3 Å².